The highest BCUT2D eigenvalue weighted by molar-refractivity contribution is 5.76. The maximum absolute atomic E-state index is 12.5. The summed E-state index contributed by atoms with van der Waals surface area (Å²) in [4.78, 5) is 18.2. The van der Waals surface area contributed by atoms with E-state index in [-0.39, 0.29) is 11.9 Å². The van der Waals surface area contributed by atoms with Crippen molar-refractivity contribution in [1.29, 1.82) is 5.26 Å². The number of nitrogens with zero attached hydrogens (tertiary/aromatic N) is 5. The molecule has 0 fully saturated rings. The van der Waals surface area contributed by atoms with Crippen molar-refractivity contribution in [1.82, 2.24) is 19.7 Å². The van der Waals surface area contributed by atoms with Crippen molar-refractivity contribution in [3.05, 3.63) is 48.0 Å². The average molecular weight is 311 g/mol. The van der Waals surface area contributed by atoms with Crippen LogP contribution in [-0.4, -0.2) is 31.6 Å². The van der Waals surface area contributed by atoms with Gasteiger partial charge in [-0.25, -0.2) is 4.98 Å². The second-order valence-electron chi connectivity index (χ2n) is 5.69. The van der Waals surface area contributed by atoms with E-state index in [2.05, 4.69) is 16.2 Å². The monoisotopic (exact) mass is 311 g/mol. The van der Waals surface area contributed by atoms with Gasteiger partial charge < -0.3 is 4.90 Å². The molecule has 23 heavy (non-hydrogen) atoms. The highest BCUT2D eigenvalue weighted by Gasteiger charge is 2.17. The van der Waals surface area contributed by atoms with Gasteiger partial charge >= 0.3 is 0 Å². The Morgan fingerprint density at radius 2 is 2.09 bits per heavy atom. The molecule has 0 N–H and O–H groups in total. The van der Waals surface area contributed by atoms with Gasteiger partial charge in [0.2, 0.25) is 5.91 Å². The van der Waals surface area contributed by atoms with Crippen molar-refractivity contribution in [3.63, 3.8) is 0 Å². The van der Waals surface area contributed by atoms with Crippen molar-refractivity contribution in [2.24, 2.45) is 0 Å². The summed E-state index contributed by atoms with van der Waals surface area (Å²) in [5, 5.41) is 12.9. The zero-order chi connectivity index (χ0) is 16.7. The number of aromatic nitrogens is 3. The summed E-state index contributed by atoms with van der Waals surface area (Å²) in [5.74, 6) is 0.129. The molecule has 1 amide bonds. The Morgan fingerprint density at radius 3 is 2.65 bits per heavy atom. The Morgan fingerprint density at radius 1 is 1.35 bits per heavy atom. The molecule has 6 nitrogen and oxygen atoms in total. The summed E-state index contributed by atoms with van der Waals surface area (Å²) in [7, 11) is 0. The lowest BCUT2D eigenvalue weighted by Crippen LogP contribution is -2.36. The van der Waals surface area contributed by atoms with Gasteiger partial charge in [-0.05, 0) is 38.0 Å². The van der Waals surface area contributed by atoms with Crippen molar-refractivity contribution < 1.29 is 4.79 Å². The van der Waals surface area contributed by atoms with Gasteiger partial charge in [-0.1, -0.05) is 12.1 Å². The third-order valence-electron chi connectivity index (χ3n) is 3.62. The largest absolute Gasteiger partial charge is 0.336 e. The van der Waals surface area contributed by atoms with Gasteiger partial charge in [0.25, 0.3) is 0 Å². The van der Waals surface area contributed by atoms with Crippen LogP contribution in [0.25, 0.3) is 0 Å². The molecule has 0 spiro atoms. The van der Waals surface area contributed by atoms with Crippen LogP contribution in [0.15, 0.2) is 36.9 Å². The molecule has 2 aromatic rings. The van der Waals surface area contributed by atoms with Gasteiger partial charge in [-0.2, -0.15) is 10.4 Å². The number of benzene rings is 1. The number of aryl methyl sites for hydroxylation is 1. The standard InChI is InChI=1S/C17H21N5O/c1-14(2)22(11-16-7-5-15(10-18)6-8-16)17(23)4-3-9-21-13-19-12-20-21/h5-8,12-14H,3-4,9,11H2,1-2H3. The number of carbonyl (C=O) groups is 1. The molecule has 120 valence electrons. The first-order chi connectivity index (χ1) is 11.1. The second-order valence-corrected chi connectivity index (χ2v) is 5.69. The van der Waals surface area contributed by atoms with Crippen molar-refractivity contribution in [3.8, 4) is 6.07 Å². The fourth-order valence-corrected chi connectivity index (χ4v) is 2.32. The van der Waals surface area contributed by atoms with Crippen LogP contribution < -0.4 is 0 Å². The Hall–Kier alpha value is -2.68. The Labute approximate surface area is 136 Å². The molecule has 1 aromatic carbocycles. The van der Waals surface area contributed by atoms with Gasteiger partial charge in [-0.15, -0.1) is 0 Å². The molecule has 0 bridgehead atoms. The van der Waals surface area contributed by atoms with E-state index < -0.39 is 0 Å². The number of nitriles is 1. The minimum atomic E-state index is 0.129. The highest BCUT2D eigenvalue weighted by Crippen LogP contribution is 2.12. The molecule has 0 saturated heterocycles. The van der Waals surface area contributed by atoms with Crippen LogP contribution in [-0.2, 0) is 17.9 Å². The van der Waals surface area contributed by atoms with Crippen molar-refractivity contribution in [2.75, 3.05) is 0 Å². The number of hydrogen-bond acceptors (Lipinski definition) is 4. The fourth-order valence-electron chi connectivity index (χ4n) is 2.32. The van der Waals surface area contributed by atoms with Gasteiger partial charge in [0.05, 0.1) is 11.6 Å². The average Bonchev–Trinajstić information content (AvgIpc) is 3.06. The van der Waals surface area contributed by atoms with Crippen LogP contribution in [0.5, 0.6) is 0 Å². The van der Waals surface area contributed by atoms with E-state index in [9.17, 15) is 4.79 Å². The highest BCUT2D eigenvalue weighted by atomic mass is 16.2. The van der Waals surface area contributed by atoms with E-state index in [1.807, 2.05) is 30.9 Å². The third-order valence-corrected chi connectivity index (χ3v) is 3.62. The van der Waals surface area contributed by atoms with E-state index in [0.717, 1.165) is 12.0 Å². The first-order valence-electron chi connectivity index (χ1n) is 7.71. The zero-order valence-corrected chi connectivity index (χ0v) is 13.5. The Bertz CT molecular complexity index is 655. The lowest BCUT2D eigenvalue weighted by molar-refractivity contribution is -0.133. The smallest absolute Gasteiger partial charge is 0.223 e. The maximum atomic E-state index is 12.5. The van der Waals surface area contributed by atoms with Crippen LogP contribution in [0.2, 0.25) is 0 Å². The van der Waals surface area contributed by atoms with E-state index in [1.165, 1.54) is 6.33 Å². The van der Waals surface area contributed by atoms with Gasteiger partial charge in [0, 0.05) is 25.6 Å². The van der Waals surface area contributed by atoms with Crippen molar-refractivity contribution >= 4 is 5.91 Å². The lowest BCUT2D eigenvalue weighted by Gasteiger charge is -2.27. The molecule has 1 heterocycles. The first-order valence-corrected chi connectivity index (χ1v) is 7.71. The first kappa shape index (κ1) is 16.7. The number of carbonyl (C=O) groups excluding carboxylic acids is 1. The summed E-state index contributed by atoms with van der Waals surface area (Å²) in [6, 6.07) is 9.59. The van der Waals surface area contributed by atoms with Crippen molar-refractivity contribution in [2.45, 2.75) is 45.8 Å². The topological polar surface area (TPSA) is 74.8 Å². The summed E-state index contributed by atoms with van der Waals surface area (Å²) < 4.78 is 1.73. The van der Waals surface area contributed by atoms with Crippen LogP contribution in [0.3, 0.4) is 0 Å². The van der Waals surface area contributed by atoms with E-state index >= 15 is 0 Å². The van der Waals surface area contributed by atoms with E-state index in [1.54, 1.807) is 23.1 Å². The van der Waals surface area contributed by atoms with Crippen LogP contribution in [0.1, 0.15) is 37.8 Å². The molecule has 0 radical (unpaired) electrons. The summed E-state index contributed by atoms with van der Waals surface area (Å²) in [6.45, 7) is 5.28. The summed E-state index contributed by atoms with van der Waals surface area (Å²) in [5.41, 5.74) is 1.66. The lowest BCUT2D eigenvalue weighted by atomic mass is 10.1. The maximum Gasteiger partial charge on any atom is 0.223 e. The molecule has 0 saturated carbocycles. The molecule has 2 rings (SSSR count). The minimum absolute atomic E-state index is 0.129. The number of amides is 1. The molecule has 1 aromatic heterocycles. The molecule has 6 heteroatoms. The van der Waals surface area contributed by atoms with Crippen LogP contribution in [0.4, 0.5) is 0 Å². The molecule has 0 aliphatic carbocycles. The molecule has 0 unspecified atom stereocenters. The fraction of sp³-hybridized carbons (Fsp3) is 0.412. The number of rotatable bonds is 7. The van der Waals surface area contributed by atoms with Crippen LogP contribution >= 0.6 is 0 Å². The van der Waals surface area contributed by atoms with Gasteiger partial charge in [0.1, 0.15) is 12.7 Å². The Balaban J connectivity index is 1.91. The van der Waals surface area contributed by atoms with Gasteiger partial charge in [0.15, 0.2) is 0 Å². The molecule has 0 atom stereocenters. The predicted molar refractivity (Wildman–Crippen MR) is 86.1 cm³/mol. The number of hydrogen-bond donors (Lipinski definition) is 0. The minimum Gasteiger partial charge on any atom is -0.336 e. The predicted octanol–water partition coefficient (Wildman–Crippen LogP) is 2.37. The molecule has 0 aliphatic heterocycles. The molecular weight excluding hydrogens is 290 g/mol. The Kier molecular flexibility index (Phi) is 5.87. The molecule has 0 aliphatic rings. The van der Waals surface area contributed by atoms with Crippen LogP contribution in [0, 0.1) is 11.3 Å². The zero-order valence-electron chi connectivity index (χ0n) is 13.5. The van der Waals surface area contributed by atoms with E-state index in [4.69, 9.17) is 5.26 Å². The van der Waals surface area contributed by atoms with Gasteiger partial charge in [-0.3, -0.25) is 9.48 Å². The van der Waals surface area contributed by atoms with E-state index in [0.29, 0.717) is 25.1 Å². The summed E-state index contributed by atoms with van der Waals surface area (Å²) in [6.07, 6.45) is 4.36. The third kappa shape index (κ3) is 4.92. The second kappa shape index (κ2) is 8.08. The normalized spacial score (nSPS) is 10.5. The SMILES string of the molecule is CC(C)N(Cc1ccc(C#N)cc1)C(=O)CCCn1cncn1. The molecular formula is C17H21N5O. The summed E-state index contributed by atoms with van der Waals surface area (Å²) >= 11 is 0. The quantitative estimate of drug-likeness (QED) is 0.786.